The summed E-state index contributed by atoms with van der Waals surface area (Å²) in [5.41, 5.74) is 0.855. The van der Waals surface area contributed by atoms with Gasteiger partial charge in [-0.25, -0.2) is 0 Å². The maximum atomic E-state index is 12.1. The van der Waals surface area contributed by atoms with E-state index in [0.29, 0.717) is 16.0 Å². The first-order valence-corrected chi connectivity index (χ1v) is 7.22. The average Bonchev–Trinajstić information content (AvgIpc) is 2.45. The second-order valence-electron chi connectivity index (χ2n) is 4.23. The van der Waals surface area contributed by atoms with Crippen LogP contribution in [0.3, 0.4) is 0 Å². The van der Waals surface area contributed by atoms with Crippen molar-refractivity contribution in [3.8, 4) is 0 Å². The van der Waals surface area contributed by atoms with Gasteiger partial charge < -0.3 is 5.32 Å². The molecule has 5 nitrogen and oxygen atoms in total. The molecule has 0 aliphatic heterocycles. The maximum Gasteiger partial charge on any atom is 0.274 e. The van der Waals surface area contributed by atoms with Crippen LogP contribution in [-0.4, -0.2) is 10.8 Å². The second-order valence-corrected chi connectivity index (χ2v) is 5.63. The van der Waals surface area contributed by atoms with Gasteiger partial charge in [-0.15, -0.1) is 12.6 Å². The van der Waals surface area contributed by atoms with Gasteiger partial charge >= 0.3 is 0 Å². The summed E-state index contributed by atoms with van der Waals surface area (Å²) < 4.78 is 0.822. The van der Waals surface area contributed by atoms with E-state index in [1.165, 1.54) is 6.07 Å². The van der Waals surface area contributed by atoms with Gasteiger partial charge in [-0.3, -0.25) is 14.9 Å². The minimum atomic E-state index is -0.467. The largest absolute Gasteiger partial charge is 0.348 e. The van der Waals surface area contributed by atoms with E-state index in [9.17, 15) is 14.9 Å². The van der Waals surface area contributed by atoms with E-state index < -0.39 is 4.92 Å². The number of para-hydroxylation sites is 1. The zero-order valence-electron chi connectivity index (χ0n) is 10.7. The van der Waals surface area contributed by atoms with Gasteiger partial charge in [0.25, 0.3) is 11.6 Å². The third-order valence-electron chi connectivity index (χ3n) is 2.83. The van der Waals surface area contributed by atoms with Crippen molar-refractivity contribution < 1.29 is 9.72 Å². The van der Waals surface area contributed by atoms with Crippen molar-refractivity contribution in [3.63, 3.8) is 0 Å². The first-order valence-electron chi connectivity index (χ1n) is 5.98. The Balaban J connectivity index is 2.13. The Bertz CT molecular complexity index is 706. The van der Waals surface area contributed by atoms with Crippen molar-refractivity contribution >= 4 is 40.2 Å². The molecule has 1 amide bonds. The Morgan fingerprint density at radius 2 is 2.00 bits per heavy atom. The molecule has 2 aromatic carbocycles. The predicted octanol–water partition coefficient (Wildman–Crippen LogP) is 3.58. The molecule has 0 aliphatic carbocycles. The van der Waals surface area contributed by atoms with Crippen molar-refractivity contribution in [1.82, 2.24) is 5.32 Å². The Hall–Kier alpha value is -1.86. The van der Waals surface area contributed by atoms with E-state index >= 15 is 0 Å². The summed E-state index contributed by atoms with van der Waals surface area (Å²) >= 11 is 7.53. The number of benzene rings is 2. The topological polar surface area (TPSA) is 72.2 Å². The van der Waals surface area contributed by atoms with Gasteiger partial charge in [-0.05, 0) is 18.2 Å². The molecule has 0 aromatic heterocycles. The van der Waals surface area contributed by atoms with Crippen molar-refractivity contribution in [3.05, 3.63) is 68.2 Å². The number of amides is 1. The van der Waals surface area contributed by atoms with Gasteiger partial charge in [-0.2, -0.15) is 0 Å². The summed E-state index contributed by atoms with van der Waals surface area (Å²) in [6.07, 6.45) is 0. The molecule has 0 saturated heterocycles. The number of nitro benzene ring substituents is 1. The number of carbonyl (C=O) groups is 1. The number of rotatable bonds is 4. The summed E-state index contributed by atoms with van der Waals surface area (Å²) in [6, 6.07) is 11.4. The Morgan fingerprint density at radius 1 is 1.29 bits per heavy atom. The van der Waals surface area contributed by atoms with Crippen LogP contribution < -0.4 is 5.32 Å². The van der Waals surface area contributed by atoms with E-state index in [4.69, 9.17) is 0 Å². The Morgan fingerprint density at radius 3 is 2.67 bits per heavy atom. The van der Waals surface area contributed by atoms with Crippen LogP contribution in [0.1, 0.15) is 15.9 Å². The molecule has 0 unspecified atom stereocenters. The van der Waals surface area contributed by atoms with Crippen LogP contribution in [0.15, 0.2) is 51.8 Å². The summed E-state index contributed by atoms with van der Waals surface area (Å²) in [4.78, 5) is 23.1. The molecular formula is C14H11BrN2O3S. The molecule has 108 valence electrons. The SMILES string of the molecule is O=C(NCc1ccccc1[N+](=O)[O-])c1ccc(Br)cc1S. The first-order chi connectivity index (χ1) is 9.99. The third-order valence-corrected chi connectivity index (χ3v) is 3.70. The van der Waals surface area contributed by atoms with Crippen molar-refractivity contribution in [1.29, 1.82) is 0 Å². The molecule has 0 bridgehead atoms. The number of nitrogens with one attached hydrogen (secondary N) is 1. The molecule has 21 heavy (non-hydrogen) atoms. The van der Waals surface area contributed by atoms with Crippen LogP contribution in [0, 0.1) is 10.1 Å². The zero-order chi connectivity index (χ0) is 15.4. The summed E-state index contributed by atoms with van der Waals surface area (Å²) in [5, 5.41) is 13.6. The molecule has 1 N–H and O–H groups in total. The van der Waals surface area contributed by atoms with Crippen LogP contribution >= 0.6 is 28.6 Å². The molecule has 0 fully saturated rings. The Labute approximate surface area is 135 Å². The van der Waals surface area contributed by atoms with Crippen LogP contribution in [0.5, 0.6) is 0 Å². The lowest BCUT2D eigenvalue weighted by molar-refractivity contribution is -0.385. The van der Waals surface area contributed by atoms with E-state index in [0.717, 1.165) is 4.47 Å². The Kier molecular flexibility index (Phi) is 4.98. The van der Waals surface area contributed by atoms with Crippen molar-refractivity contribution in [2.45, 2.75) is 11.4 Å². The highest BCUT2D eigenvalue weighted by atomic mass is 79.9. The van der Waals surface area contributed by atoms with E-state index in [1.54, 1.807) is 36.4 Å². The lowest BCUT2D eigenvalue weighted by Crippen LogP contribution is -2.23. The second kappa shape index (κ2) is 6.73. The predicted molar refractivity (Wildman–Crippen MR) is 85.7 cm³/mol. The normalized spacial score (nSPS) is 10.2. The van der Waals surface area contributed by atoms with Crippen LogP contribution in [0.25, 0.3) is 0 Å². The third kappa shape index (κ3) is 3.83. The summed E-state index contributed by atoms with van der Waals surface area (Å²) in [6.45, 7) is 0.0826. The fraction of sp³-hybridized carbons (Fsp3) is 0.0714. The highest BCUT2D eigenvalue weighted by molar-refractivity contribution is 9.10. The van der Waals surface area contributed by atoms with Gasteiger partial charge in [0, 0.05) is 27.5 Å². The van der Waals surface area contributed by atoms with Gasteiger partial charge in [0.05, 0.1) is 10.5 Å². The monoisotopic (exact) mass is 366 g/mol. The number of carbonyl (C=O) groups excluding carboxylic acids is 1. The van der Waals surface area contributed by atoms with Gasteiger partial charge in [0.1, 0.15) is 0 Å². The average molecular weight is 367 g/mol. The molecule has 7 heteroatoms. The van der Waals surface area contributed by atoms with E-state index in [1.807, 2.05) is 0 Å². The highest BCUT2D eigenvalue weighted by Gasteiger charge is 2.14. The lowest BCUT2D eigenvalue weighted by atomic mass is 10.1. The van der Waals surface area contributed by atoms with Crippen LogP contribution in [-0.2, 0) is 6.54 Å². The molecule has 0 spiro atoms. The first kappa shape index (κ1) is 15.5. The molecular weight excluding hydrogens is 356 g/mol. The molecule has 2 aromatic rings. The van der Waals surface area contributed by atoms with E-state index in [2.05, 4.69) is 33.9 Å². The maximum absolute atomic E-state index is 12.1. The quantitative estimate of drug-likeness (QED) is 0.493. The highest BCUT2D eigenvalue weighted by Crippen LogP contribution is 2.21. The van der Waals surface area contributed by atoms with Gasteiger partial charge in [-0.1, -0.05) is 34.1 Å². The van der Waals surface area contributed by atoms with E-state index in [-0.39, 0.29) is 18.1 Å². The lowest BCUT2D eigenvalue weighted by Gasteiger charge is -2.08. The van der Waals surface area contributed by atoms with Gasteiger partial charge in [0.2, 0.25) is 0 Å². The minimum absolute atomic E-state index is 0.0142. The molecule has 2 rings (SSSR count). The summed E-state index contributed by atoms with van der Waals surface area (Å²) in [7, 11) is 0. The number of halogens is 1. The van der Waals surface area contributed by atoms with Crippen molar-refractivity contribution in [2.75, 3.05) is 0 Å². The fourth-order valence-electron chi connectivity index (χ4n) is 1.81. The minimum Gasteiger partial charge on any atom is -0.348 e. The number of thiol groups is 1. The molecule has 0 aliphatic rings. The molecule has 0 saturated carbocycles. The molecule has 0 atom stereocenters. The van der Waals surface area contributed by atoms with Crippen LogP contribution in [0.2, 0.25) is 0 Å². The number of hydrogen-bond acceptors (Lipinski definition) is 4. The standard InChI is InChI=1S/C14H11BrN2O3S/c15-10-5-6-11(13(21)7-10)14(18)16-8-9-3-1-2-4-12(9)17(19)20/h1-7,21H,8H2,(H,16,18). The fourth-order valence-corrected chi connectivity index (χ4v) is 2.66. The molecule has 0 heterocycles. The smallest absolute Gasteiger partial charge is 0.274 e. The number of nitro groups is 1. The molecule has 0 radical (unpaired) electrons. The van der Waals surface area contributed by atoms with Crippen molar-refractivity contribution in [2.24, 2.45) is 0 Å². The number of hydrogen-bond donors (Lipinski definition) is 2. The summed E-state index contributed by atoms with van der Waals surface area (Å²) in [5.74, 6) is -0.328. The van der Waals surface area contributed by atoms with Gasteiger partial charge in [0.15, 0.2) is 0 Å². The van der Waals surface area contributed by atoms with Crippen LogP contribution in [0.4, 0.5) is 5.69 Å². The number of nitrogens with zero attached hydrogens (tertiary/aromatic N) is 1. The zero-order valence-corrected chi connectivity index (χ0v) is 13.2.